The molecule has 0 amide bonds. The van der Waals surface area contributed by atoms with Crippen LogP contribution in [0.25, 0.3) is 45.2 Å². The molecule has 0 radical (unpaired) electrons. The number of fused-ring (bicyclic) bond motifs is 2. The van der Waals surface area contributed by atoms with Gasteiger partial charge in [-0.15, -0.1) is 0 Å². The Hall–Kier alpha value is -4.18. The molecule has 0 atom stereocenters. The monoisotopic (exact) mass is 442 g/mol. The summed E-state index contributed by atoms with van der Waals surface area (Å²) < 4.78 is 4.43. The largest absolute Gasteiger partial charge is 0.297 e. The lowest BCUT2D eigenvalue weighted by Gasteiger charge is -2.10. The number of aryl methyl sites for hydroxylation is 4. The minimum Gasteiger partial charge on any atom is -0.297 e. The third-order valence-corrected chi connectivity index (χ3v) is 6.56. The molecular formula is C30H26N4. The van der Waals surface area contributed by atoms with Crippen molar-refractivity contribution in [2.75, 3.05) is 0 Å². The third kappa shape index (κ3) is 3.14. The highest BCUT2D eigenvalue weighted by Crippen LogP contribution is 2.40. The number of benzene rings is 2. The SMILES string of the molecule is Cc1ccc(-c2nc3c(C)cccn3c2-c2c(-c3ccc(C)cc3)nc3c(C)cccn23)cc1. The van der Waals surface area contributed by atoms with Crippen molar-refractivity contribution < 1.29 is 0 Å². The molecule has 0 aliphatic heterocycles. The van der Waals surface area contributed by atoms with Gasteiger partial charge in [0, 0.05) is 23.5 Å². The van der Waals surface area contributed by atoms with Crippen molar-refractivity contribution in [1.82, 2.24) is 18.8 Å². The average Bonchev–Trinajstić information content (AvgIpc) is 3.40. The van der Waals surface area contributed by atoms with Gasteiger partial charge in [-0.3, -0.25) is 8.80 Å². The number of nitrogens with zero attached hydrogens (tertiary/aromatic N) is 4. The van der Waals surface area contributed by atoms with Gasteiger partial charge in [0.25, 0.3) is 0 Å². The molecule has 0 fully saturated rings. The minimum absolute atomic E-state index is 0.963. The zero-order valence-electron chi connectivity index (χ0n) is 19.9. The van der Waals surface area contributed by atoms with E-state index in [0.717, 1.165) is 56.3 Å². The number of rotatable bonds is 3. The number of hydrogen-bond acceptors (Lipinski definition) is 2. The van der Waals surface area contributed by atoms with Crippen molar-refractivity contribution in [2.24, 2.45) is 0 Å². The molecule has 6 aromatic rings. The first-order valence-electron chi connectivity index (χ1n) is 11.6. The van der Waals surface area contributed by atoms with Crippen LogP contribution < -0.4 is 0 Å². The van der Waals surface area contributed by atoms with Crippen molar-refractivity contribution in [3.8, 4) is 33.9 Å². The molecule has 0 unspecified atom stereocenters. The molecule has 0 saturated heterocycles. The fraction of sp³-hybridized carbons (Fsp3) is 0.133. The molecule has 34 heavy (non-hydrogen) atoms. The quantitative estimate of drug-likeness (QED) is 0.290. The van der Waals surface area contributed by atoms with Crippen LogP contribution >= 0.6 is 0 Å². The normalized spacial score (nSPS) is 11.5. The van der Waals surface area contributed by atoms with Crippen molar-refractivity contribution in [2.45, 2.75) is 27.7 Å². The molecule has 0 aliphatic carbocycles. The zero-order valence-corrected chi connectivity index (χ0v) is 19.9. The van der Waals surface area contributed by atoms with Gasteiger partial charge in [0.15, 0.2) is 0 Å². The van der Waals surface area contributed by atoms with Gasteiger partial charge in [0.05, 0.1) is 22.8 Å². The second kappa shape index (κ2) is 7.70. The Labute approximate surface area is 199 Å². The summed E-state index contributed by atoms with van der Waals surface area (Å²) in [6.07, 6.45) is 4.22. The van der Waals surface area contributed by atoms with Crippen LogP contribution in [0.4, 0.5) is 0 Å². The highest BCUT2D eigenvalue weighted by Gasteiger charge is 2.25. The van der Waals surface area contributed by atoms with E-state index < -0.39 is 0 Å². The van der Waals surface area contributed by atoms with Crippen LogP contribution in [0.2, 0.25) is 0 Å². The predicted octanol–water partition coefficient (Wildman–Crippen LogP) is 7.22. The molecule has 0 saturated carbocycles. The van der Waals surface area contributed by atoms with Gasteiger partial charge in [0.1, 0.15) is 11.3 Å². The van der Waals surface area contributed by atoms with Gasteiger partial charge in [-0.2, -0.15) is 0 Å². The number of imidazole rings is 2. The minimum atomic E-state index is 0.963. The second-order valence-electron chi connectivity index (χ2n) is 9.12. The summed E-state index contributed by atoms with van der Waals surface area (Å²) in [7, 11) is 0. The van der Waals surface area contributed by atoms with Crippen molar-refractivity contribution in [3.05, 3.63) is 107 Å². The van der Waals surface area contributed by atoms with Crippen LogP contribution in [-0.4, -0.2) is 18.8 Å². The molecular weight excluding hydrogens is 416 g/mol. The third-order valence-electron chi connectivity index (χ3n) is 6.56. The fourth-order valence-electron chi connectivity index (χ4n) is 4.69. The first kappa shape index (κ1) is 20.4. The summed E-state index contributed by atoms with van der Waals surface area (Å²) in [4.78, 5) is 10.3. The zero-order chi connectivity index (χ0) is 23.4. The number of hydrogen-bond donors (Lipinski definition) is 0. The lowest BCUT2D eigenvalue weighted by Crippen LogP contribution is -1.97. The first-order valence-corrected chi connectivity index (χ1v) is 11.6. The highest BCUT2D eigenvalue weighted by atomic mass is 15.1. The van der Waals surface area contributed by atoms with Gasteiger partial charge >= 0.3 is 0 Å². The highest BCUT2D eigenvalue weighted by molar-refractivity contribution is 5.90. The smallest absolute Gasteiger partial charge is 0.140 e. The Balaban J connectivity index is 1.77. The Morgan fingerprint density at radius 2 is 0.882 bits per heavy atom. The van der Waals surface area contributed by atoms with Crippen LogP contribution in [0.15, 0.2) is 85.2 Å². The Morgan fingerprint density at radius 3 is 1.26 bits per heavy atom. The Bertz CT molecular complexity index is 1540. The molecule has 2 aromatic carbocycles. The van der Waals surface area contributed by atoms with Gasteiger partial charge in [-0.05, 0) is 51.0 Å². The van der Waals surface area contributed by atoms with Gasteiger partial charge < -0.3 is 0 Å². The van der Waals surface area contributed by atoms with E-state index in [4.69, 9.17) is 9.97 Å². The second-order valence-corrected chi connectivity index (χ2v) is 9.12. The maximum atomic E-state index is 5.17. The molecule has 0 spiro atoms. The topological polar surface area (TPSA) is 34.6 Å². The molecule has 4 heterocycles. The molecule has 0 aliphatic rings. The van der Waals surface area contributed by atoms with E-state index in [-0.39, 0.29) is 0 Å². The lowest BCUT2D eigenvalue weighted by atomic mass is 10.0. The maximum Gasteiger partial charge on any atom is 0.140 e. The summed E-state index contributed by atoms with van der Waals surface area (Å²) in [5.41, 5.74) is 12.9. The van der Waals surface area contributed by atoms with Crippen LogP contribution in [0.3, 0.4) is 0 Å². The van der Waals surface area contributed by atoms with Crippen molar-refractivity contribution >= 4 is 11.3 Å². The van der Waals surface area contributed by atoms with E-state index in [9.17, 15) is 0 Å². The molecule has 4 heteroatoms. The molecule has 6 rings (SSSR count). The van der Waals surface area contributed by atoms with E-state index in [1.54, 1.807) is 0 Å². The van der Waals surface area contributed by atoms with Crippen LogP contribution in [0.5, 0.6) is 0 Å². The summed E-state index contributed by atoms with van der Waals surface area (Å²) in [6.45, 7) is 8.46. The summed E-state index contributed by atoms with van der Waals surface area (Å²) in [5, 5.41) is 0. The van der Waals surface area contributed by atoms with E-state index >= 15 is 0 Å². The van der Waals surface area contributed by atoms with Crippen LogP contribution in [0.1, 0.15) is 22.3 Å². The van der Waals surface area contributed by atoms with E-state index in [2.05, 4.69) is 122 Å². The van der Waals surface area contributed by atoms with E-state index in [1.165, 1.54) is 11.1 Å². The summed E-state index contributed by atoms with van der Waals surface area (Å²) in [6, 6.07) is 25.7. The van der Waals surface area contributed by atoms with Gasteiger partial charge in [-0.1, -0.05) is 71.8 Å². The molecule has 4 nitrogen and oxygen atoms in total. The Morgan fingerprint density at radius 1 is 0.500 bits per heavy atom. The maximum absolute atomic E-state index is 5.17. The number of aromatic nitrogens is 4. The molecule has 166 valence electrons. The predicted molar refractivity (Wildman–Crippen MR) is 139 cm³/mol. The molecule has 0 N–H and O–H groups in total. The van der Waals surface area contributed by atoms with Crippen molar-refractivity contribution in [3.63, 3.8) is 0 Å². The van der Waals surface area contributed by atoms with E-state index in [1.807, 2.05) is 0 Å². The van der Waals surface area contributed by atoms with Gasteiger partial charge in [-0.25, -0.2) is 9.97 Å². The summed E-state index contributed by atoms with van der Waals surface area (Å²) >= 11 is 0. The average molecular weight is 443 g/mol. The fourth-order valence-corrected chi connectivity index (χ4v) is 4.69. The number of pyridine rings is 2. The van der Waals surface area contributed by atoms with E-state index in [0.29, 0.717) is 0 Å². The lowest BCUT2D eigenvalue weighted by molar-refractivity contribution is 1.12. The van der Waals surface area contributed by atoms with Crippen LogP contribution in [0, 0.1) is 27.7 Å². The van der Waals surface area contributed by atoms with Crippen molar-refractivity contribution in [1.29, 1.82) is 0 Å². The summed E-state index contributed by atoms with van der Waals surface area (Å²) in [5.74, 6) is 0. The first-order chi connectivity index (χ1) is 16.5. The van der Waals surface area contributed by atoms with Gasteiger partial charge in [0.2, 0.25) is 0 Å². The molecule has 4 aromatic heterocycles. The Kier molecular flexibility index (Phi) is 4.63. The van der Waals surface area contributed by atoms with Crippen LogP contribution in [-0.2, 0) is 0 Å². The standard InChI is InChI=1S/C30H26N4/c1-19-9-13-23(14-10-19)25-27(33-17-5-7-21(3)29(33)31-25)28-26(24-15-11-20(2)12-16-24)32-30-22(4)8-6-18-34(28)30/h5-18H,1-4H3. The molecule has 0 bridgehead atoms.